The van der Waals surface area contributed by atoms with Crippen molar-refractivity contribution in [3.63, 3.8) is 0 Å². The summed E-state index contributed by atoms with van der Waals surface area (Å²) in [5, 5.41) is 0.451. The van der Waals surface area contributed by atoms with Gasteiger partial charge in [0.2, 0.25) is 15.9 Å². The molecule has 1 aliphatic rings. The lowest BCUT2D eigenvalue weighted by Gasteiger charge is -2.35. The highest BCUT2D eigenvalue weighted by molar-refractivity contribution is 7.89. The minimum atomic E-state index is -3.76. The van der Waals surface area contributed by atoms with Crippen molar-refractivity contribution in [2.75, 3.05) is 54.0 Å². The van der Waals surface area contributed by atoms with E-state index in [1.165, 1.54) is 31.3 Å². The van der Waals surface area contributed by atoms with Crippen LogP contribution in [0.3, 0.4) is 0 Å². The highest BCUT2D eigenvalue weighted by atomic mass is 35.5. The van der Waals surface area contributed by atoms with Gasteiger partial charge in [0, 0.05) is 50.4 Å². The third kappa shape index (κ3) is 5.72. The minimum absolute atomic E-state index is 0.106. The van der Waals surface area contributed by atoms with Gasteiger partial charge >= 0.3 is 0 Å². The van der Waals surface area contributed by atoms with Crippen molar-refractivity contribution in [3.8, 4) is 11.5 Å². The Kier molecular flexibility index (Phi) is 8.00. The number of sulfonamides is 1. The number of benzene rings is 2. The second-order valence-electron chi connectivity index (χ2n) is 7.55. The highest BCUT2D eigenvalue weighted by Gasteiger charge is 2.27. The number of rotatable bonds is 8. The summed E-state index contributed by atoms with van der Waals surface area (Å²) in [5.41, 5.74) is 1.01. The molecule has 2 aromatic carbocycles. The third-order valence-electron chi connectivity index (χ3n) is 5.49. The molecule has 0 aromatic heterocycles. The van der Waals surface area contributed by atoms with Crippen LogP contribution in [-0.4, -0.2) is 82.4 Å². The summed E-state index contributed by atoms with van der Waals surface area (Å²) in [6, 6.07) is 11.6. The van der Waals surface area contributed by atoms with E-state index in [4.69, 9.17) is 21.1 Å². The summed E-state index contributed by atoms with van der Waals surface area (Å²) in [7, 11) is 0.906. The van der Waals surface area contributed by atoms with Gasteiger partial charge in [0.25, 0.3) is 0 Å². The van der Waals surface area contributed by atoms with E-state index in [-0.39, 0.29) is 17.3 Å². The molecule has 0 atom stereocenters. The van der Waals surface area contributed by atoms with Gasteiger partial charge in [-0.3, -0.25) is 9.69 Å². The number of amides is 1. The molecule has 174 valence electrons. The monoisotopic (exact) mass is 481 g/mol. The maximum atomic E-state index is 12.7. The van der Waals surface area contributed by atoms with Crippen molar-refractivity contribution in [1.29, 1.82) is 0 Å². The fourth-order valence-electron chi connectivity index (χ4n) is 3.56. The zero-order chi connectivity index (χ0) is 23.3. The first-order valence-corrected chi connectivity index (χ1v) is 12.0. The molecule has 1 heterocycles. The van der Waals surface area contributed by atoms with Crippen LogP contribution in [0.1, 0.15) is 5.56 Å². The van der Waals surface area contributed by atoms with Crippen LogP contribution in [0.15, 0.2) is 47.4 Å². The Labute approximate surface area is 194 Å². The summed E-state index contributed by atoms with van der Waals surface area (Å²) in [6.45, 7) is 2.88. The largest absolute Gasteiger partial charge is 0.497 e. The van der Waals surface area contributed by atoms with E-state index in [9.17, 15) is 13.2 Å². The molecule has 0 bridgehead atoms. The number of carbonyl (C=O) groups is 1. The van der Waals surface area contributed by atoms with Crippen LogP contribution in [0.25, 0.3) is 0 Å². The van der Waals surface area contributed by atoms with Crippen LogP contribution in [0.5, 0.6) is 11.5 Å². The van der Waals surface area contributed by atoms with Gasteiger partial charge in [-0.25, -0.2) is 8.42 Å². The fourth-order valence-corrected chi connectivity index (χ4v) is 4.81. The van der Waals surface area contributed by atoms with Crippen molar-refractivity contribution < 1.29 is 22.7 Å². The van der Waals surface area contributed by atoms with Gasteiger partial charge in [0.05, 0.1) is 25.7 Å². The van der Waals surface area contributed by atoms with Gasteiger partial charge < -0.3 is 14.4 Å². The molecule has 3 rings (SSSR count). The Morgan fingerprint density at radius 3 is 2.28 bits per heavy atom. The average Bonchev–Trinajstić information content (AvgIpc) is 2.79. The van der Waals surface area contributed by atoms with Gasteiger partial charge in [-0.15, -0.1) is 0 Å². The topological polar surface area (TPSA) is 79.4 Å². The van der Waals surface area contributed by atoms with Crippen molar-refractivity contribution in [3.05, 3.63) is 53.1 Å². The Morgan fingerprint density at radius 1 is 1.03 bits per heavy atom. The third-order valence-corrected chi connectivity index (χ3v) is 7.56. The lowest BCUT2D eigenvalue weighted by Crippen LogP contribution is -2.51. The Morgan fingerprint density at radius 2 is 1.69 bits per heavy atom. The van der Waals surface area contributed by atoms with Crippen LogP contribution in [-0.2, 0) is 21.4 Å². The summed E-state index contributed by atoms with van der Waals surface area (Å²) >= 11 is 5.84. The van der Waals surface area contributed by atoms with Crippen molar-refractivity contribution in [2.45, 2.75) is 11.4 Å². The zero-order valence-corrected chi connectivity index (χ0v) is 20.0. The SMILES string of the molecule is COc1ccc(OC)c(CN2CCN(C(=O)CN(C)S(=O)(=O)c3ccc(Cl)cc3)CC2)c1. The molecule has 1 aliphatic heterocycles. The van der Waals surface area contributed by atoms with Crippen LogP contribution in [0, 0.1) is 0 Å². The number of hydrogen-bond acceptors (Lipinski definition) is 6. The van der Waals surface area contributed by atoms with E-state index in [1.54, 1.807) is 19.1 Å². The van der Waals surface area contributed by atoms with E-state index >= 15 is 0 Å². The van der Waals surface area contributed by atoms with E-state index in [0.717, 1.165) is 21.4 Å². The molecular weight excluding hydrogens is 454 g/mol. The highest BCUT2D eigenvalue weighted by Crippen LogP contribution is 2.25. The molecule has 0 saturated carbocycles. The van der Waals surface area contributed by atoms with Crippen LogP contribution >= 0.6 is 11.6 Å². The fraction of sp³-hybridized carbons (Fsp3) is 0.409. The van der Waals surface area contributed by atoms with Gasteiger partial charge in [0.1, 0.15) is 11.5 Å². The van der Waals surface area contributed by atoms with E-state index in [1.807, 2.05) is 18.2 Å². The number of carbonyl (C=O) groups excluding carboxylic acids is 1. The van der Waals surface area contributed by atoms with Gasteiger partial charge in [-0.2, -0.15) is 4.31 Å². The van der Waals surface area contributed by atoms with E-state index in [2.05, 4.69) is 4.90 Å². The van der Waals surface area contributed by atoms with Gasteiger partial charge in [0.15, 0.2) is 0 Å². The molecule has 10 heteroatoms. The lowest BCUT2D eigenvalue weighted by atomic mass is 10.1. The predicted molar refractivity (Wildman–Crippen MR) is 123 cm³/mol. The number of ether oxygens (including phenoxy) is 2. The molecule has 0 radical (unpaired) electrons. The first-order chi connectivity index (χ1) is 15.2. The van der Waals surface area contributed by atoms with Crippen molar-refractivity contribution in [2.24, 2.45) is 0 Å². The number of methoxy groups -OCH3 is 2. The number of nitrogens with zero attached hydrogens (tertiary/aromatic N) is 3. The lowest BCUT2D eigenvalue weighted by molar-refractivity contribution is -0.133. The first-order valence-electron chi connectivity index (χ1n) is 10.2. The number of hydrogen-bond donors (Lipinski definition) is 0. The molecule has 1 saturated heterocycles. The maximum Gasteiger partial charge on any atom is 0.243 e. The van der Waals surface area contributed by atoms with E-state index < -0.39 is 10.0 Å². The normalized spacial score (nSPS) is 15.1. The Balaban J connectivity index is 1.56. The predicted octanol–water partition coefficient (Wildman–Crippen LogP) is 2.32. The molecule has 1 fully saturated rings. The van der Waals surface area contributed by atoms with Gasteiger partial charge in [-0.05, 0) is 42.5 Å². The summed E-state index contributed by atoms with van der Waals surface area (Å²) < 4.78 is 37.3. The summed E-state index contributed by atoms with van der Waals surface area (Å²) in [5.74, 6) is 1.33. The first kappa shape index (κ1) is 24.3. The smallest absolute Gasteiger partial charge is 0.243 e. The molecule has 0 unspecified atom stereocenters. The molecule has 1 amide bonds. The average molecular weight is 482 g/mol. The second-order valence-corrected chi connectivity index (χ2v) is 10.0. The summed E-state index contributed by atoms with van der Waals surface area (Å²) in [6.07, 6.45) is 0. The molecule has 0 N–H and O–H groups in total. The van der Waals surface area contributed by atoms with Crippen molar-refractivity contribution in [1.82, 2.24) is 14.1 Å². The molecule has 2 aromatic rings. The number of halogens is 1. The second kappa shape index (κ2) is 10.5. The van der Waals surface area contributed by atoms with E-state index in [0.29, 0.717) is 37.7 Å². The standard InChI is InChI=1S/C22H28ClN3O5S/c1-24(32(28,29)20-7-4-18(23)5-8-20)16-22(27)26-12-10-25(11-13-26)15-17-14-19(30-2)6-9-21(17)31-3/h4-9,14H,10-13,15-16H2,1-3H3. The van der Waals surface area contributed by atoms with Crippen LogP contribution in [0.2, 0.25) is 5.02 Å². The van der Waals surface area contributed by atoms with Gasteiger partial charge in [-0.1, -0.05) is 11.6 Å². The number of piperazine rings is 1. The summed E-state index contributed by atoms with van der Waals surface area (Å²) in [4.78, 5) is 16.8. The Bertz CT molecular complexity index is 1040. The molecule has 32 heavy (non-hydrogen) atoms. The minimum Gasteiger partial charge on any atom is -0.497 e. The quantitative estimate of drug-likeness (QED) is 0.575. The molecule has 0 aliphatic carbocycles. The maximum absolute atomic E-state index is 12.7. The molecule has 0 spiro atoms. The zero-order valence-electron chi connectivity index (χ0n) is 18.5. The van der Waals surface area contributed by atoms with Crippen molar-refractivity contribution >= 4 is 27.5 Å². The van der Waals surface area contributed by atoms with Crippen LogP contribution in [0.4, 0.5) is 0 Å². The molecule has 8 nitrogen and oxygen atoms in total. The molecular formula is C22H28ClN3O5S. The Hall–Kier alpha value is -2.33. The number of likely N-dealkylation sites (N-methyl/N-ethyl adjacent to an activating group) is 1. The van der Waals surface area contributed by atoms with Crippen LogP contribution < -0.4 is 9.47 Å².